The number of carbonyl (C=O) groups excluding carboxylic acids is 1. The number of ketones is 1. The standard InChI is InChI=1S/C17H17BrO4/c1-21-17-7-2-12(10-15(17)18)11-16(20)13-3-5-14(6-4-13)22-9-8-19/h2-7,10,19H,8-9,11H2,1H3. The van der Waals surface area contributed by atoms with Crippen LogP contribution in [0, 0.1) is 0 Å². The molecule has 0 radical (unpaired) electrons. The predicted octanol–water partition coefficient (Wildman–Crippen LogP) is 3.25. The van der Waals surface area contributed by atoms with Crippen LogP contribution in [0.4, 0.5) is 0 Å². The van der Waals surface area contributed by atoms with E-state index in [9.17, 15) is 4.79 Å². The molecule has 0 fully saturated rings. The first kappa shape index (κ1) is 16.5. The lowest BCUT2D eigenvalue weighted by atomic mass is 10.0. The molecule has 0 saturated carbocycles. The van der Waals surface area contributed by atoms with Crippen molar-refractivity contribution >= 4 is 21.7 Å². The lowest BCUT2D eigenvalue weighted by Gasteiger charge is -2.07. The molecule has 0 heterocycles. The van der Waals surface area contributed by atoms with Crippen molar-refractivity contribution in [1.29, 1.82) is 0 Å². The van der Waals surface area contributed by atoms with Crippen molar-refractivity contribution in [1.82, 2.24) is 0 Å². The Labute approximate surface area is 137 Å². The highest BCUT2D eigenvalue weighted by Crippen LogP contribution is 2.26. The van der Waals surface area contributed by atoms with Crippen molar-refractivity contribution < 1.29 is 19.4 Å². The minimum atomic E-state index is -0.0347. The van der Waals surface area contributed by atoms with Crippen molar-refractivity contribution in [2.24, 2.45) is 0 Å². The molecule has 0 aromatic heterocycles. The van der Waals surface area contributed by atoms with E-state index in [1.165, 1.54) is 0 Å². The Hall–Kier alpha value is -1.85. The van der Waals surface area contributed by atoms with Crippen LogP contribution in [0.25, 0.3) is 0 Å². The van der Waals surface area contributed by atoms with Gasteiger partial charge in [0, 0.05) is 12.0 Å². The molecule has 0 atom stereocenters. The first-order valence-electron chi connectivity index (χ1n) is 6.83. The topological polar surface area (TPSA) is 55.8 Å². The molecule has 0 spiro atoms. The number of ether oxygens (including phenoxy) is 2. The number of aliphatic hydroxyl groups is 1. The number of carbonyl (C=O) groups is 1. The van der Waals surface area contributed by atoms with Crippen molar-refractivity contribution in [3.05, 3.63) is 58.1 Å². The summed E-state index contributed by atoms with van der Waals surface area (Å²) in [5.41, 5.74) is 1.54. The van der Waals surface area contributed by atoms with Gasteiger partial charge in [0.2, 0.25) is 0 Å². The van der Waals surface area contributed by atoms with Crippen molar-refractivity contribution in [2.75, 3.05) is 20.3 Å². The molecule has 0 aliphatic rings. The van der Waals surface area contributed by atoms with E-state index in [0.29, 0.717) is 17.7 Å². The van der Waals surface area contributed by atoms with Gasteiger partial charge in [-0.15, -0.1) is 0 Å². The van der Waals surface area contributed by atoms with E-state index in [4.69, 9.17) is 14.6 Å². The lowest BCUT2D eigenvalue weighted by Crippen LogP contribution is -2.05. The second-order valence-electron chi connectivity index (χ2n) is 4.67. The quantitative estimate of drug-likeness (QED) is 0.766. The molecular weight excluding hydrogens is 348 g/mol. The number of Topliss-reactive ketones (excluding diaryl/α,β-unsaturated/α-hetero) is 1. The van der Waals surface area contributed by atoms with Gasteiger partial charge in [0.15, 0.2) is 5.78 Å². The van der Waals surface area contributed by atoms with Crippen LogP contribution in [0.1, 0.15) is 15.9 Å². The van der Waals surface area contributed by atoms with Gasteiger partial charge in [-0.2, -0.15) is 0 Å². The van der Waals surface area contributed by atoms with Gasteiger partial charge in [0.25, 0.3) is 0 Å². The molecule has 0 saturated heterocycles. The molecule has 116 valence electrons. The highest BCUT2D eigenvalue weighted by Gasteiger charge is 2.09. The number of aliphatic hydroxyl groups excluding tert-OH is 1. The molecule has 4 nitrogen and oxygen atoms in total. The average Bonchev–Trinajstić information content (AvgIpc) is 2.53. The molecule has 2 aromatic carbocycles. The summed E-state index contributed by atoms with van der Waals surface area (Å²) in [6, 6.07) is 12.5. The smallest absolute Gasteiger partial charge is 0.167 e. The number of hydrogen-bond acceptors (Lipinski definition) is 4. The SMILES string of the molecule is COc1ccc(CC(=O)c2ccc(OCCO)cc2)cc1Br. The van der Waals surface area contributed by atoms with Gasteiger partial charge in [-0.25, -0.2) is 0 Å². The summed E-state index contributed by atoms with van der Waals surface area (Å²) < 4.78 is 11.3. The van der Waals surface area contributed by atoms with E-state index in [0.717, 1.165) is 15.8 Å². The highest BCUT2D eigenvalue weighted by molar-refractivity contribution is 9.10. The summed E-state index contributed by atoms with van der Waals surface area (Å²) in [6.45, 7) is 0.209. The Kier molecular flexibility index (Phi) is 5.98. The molecule has 0 bridgehead atoms. The molecule has 0 aliphatic carbocycles. The number of benzene rings is 2. The maximum absolute atomic E-state index is 12.3. The second-order valence-corrected chi connectivity index (χ2v) is 5.52. The van der Waals surface area contributed by atoms with Crippen LogP contribution in [0.2, 0.25) is 0 Å². The summed E-state index contributed by atoms with van der Waals surface area (Å²) in [4.78, 5) is 12.3. The fourth-order valence-electron chi connectivity index (χ4n) is 2.01. The number of rotatable bonds is 7. The summed E-state index contributed by atoms with van der Waals surface area (Å²) >= 11 is 3.41. The Morgan fingerprint density at radius 1 is 1.18 bits per heavy atom. The fraction of sp³-hybridized carbons (Fsp3) is 0.235. The third-order valence-corrected chi connectivity index (χ3v) is 3.74. The maximum Gasteiger partial charge on any atom is 0.167 e. The Bertz CT molecular complexity index is 638. The first-order chi connectivity index (χ1) is 10.6. The number of methoxy groups -OCH3 is 1. The van der Waals surface area contributed by atoms with E-state index in [-0.39, 0.29) is 19.0 Å². The van der Waals surface area contributed by atoms with Crippen LogP contribution in [-0.2, 0) is 6.42 Å². The molecular formula is C17H17BrO4. The first-order valence-corrected chi connectivity index (χ1v) is 7.62. The van der Waals surface area contributed by atoms with E-state index < -0.39 is 0 Å². The number of halogens is 1. The van der Waals surface area contributed by atoms with E-state index in [2.05, 4.69) is 15.9 Å². The van der Waals surface area contributed by atoms with Gasteiger partial charge in [0.05, 0.1) is 18.2 Å². The van der Waals surface area contributed by atoms with Crippen molar-refractivity contribution in [3.8, 4) is 11.5 Å². The fourth-order valence-corrected chi connectivity index (χ4v) is 2.60. The third-order valence-electron chi connectivity index (χ3n) is 3.12. The van der Waals surface area contributed by atoms with Gasteiger partial charge < -0.3 is 14.6 Å². The van der Waals surface area contributed by atoms with Crippen LogP contribution in [0.5, 0.6) is 11.5 Å². The van der Waals surface area contributed by atoms with Crippen LogP contribution < -0.4 is 9.47 Å². The molecule has 0 amide bonds. The van der Waals surface area contributed by atoms with Gasteiger partial charge in [-0.1, -0.05) is 6.07 Å². The Morgan fingerprint density at radius 3 is 2.50 bits per heavy atom. The monoisotopic (exact) mass is 364 g/mol. The largest absolute Gasteiger partial charge is 0.496 e. The molecule has 0 aliphatic heterocycles. The maximum atomic E-state index is 12.3. The van der Waals surface area contributed by atoms with Gasteiger partial charge >= 0.3 is 0 Å². The van der Waals surface area contributed by atoms with Crippen molar-refractivity contribution in [3.63, 3.8) is 0 Å². The van der Waals surface area contributed by atoms with E-state index in [1.54, 1.807) is 31.4 Å². The van der Waals surface area contributed by atoms with Crippen LogP contribution in [0.3, 0.4) is 0 Å². The van der Waals surface area contributed by atoms with Gasteiger partial charge in [0.1, 0.15) is 18.1 Å². The normalized spacial score (nSPS) is 10.3. The van der Waals surface area contributed by atoms with E-state index >= 15 is 0 Å². The minimum Gasteiger partial charge on any atom is -0.496 e. The zero-order valence-electron chi connectivity index (χ0n) is 12.2. The second kappa shape index (κ2) is 7.96. The molecule has 22 heavy (non-hydrogen) atoms. The Morgan fingerprint density at radius 2 is 1.91 bits per heavy atom. The summed E-state index contributed by atoms with van der Waals surface area (Å²) in [6.07, 6.45) is 0.319. The molecule has 0 unspecified atom stereocenters. The van der Waals surface area contributed by atoms with E-state index in [1.807, 2.05) is 18.2 Å². The zero-order chi connectivity index (χ0) is 15.9. The van der Waals surface area contributed by atoms with Gasteiger partial charge in [-0.3, -0.25) is 4.79 Å². The summed E-state index contributed by atoms with van der Waals surface area (Å²) in [5.74, 6) is 1.41. The van der Waals surface area contributed by atoms with Crippen molar-refractivity contribution in [2.45, 2.75) is 6.42 Å². The predicted molar refractivity (Wildman–Crippen MR) is 87.8 cm³/mol. The lowest BCUT2D eigenvalue weighted by molar-refractivity contribution is 0.0993. The van der Waals surface area contributed by atoms with Crippen LogP contribution in [0.15, 0.2) is 46.9 Å². The van der Waals surface area contributed by atoms with Crippen LogP contribution in [-0.4, -0.2) is 31.2 Å². The molecule has 5 heteroatoms. The Balaban J connectivity index is 2.04. The molecule has 2 rings (SSSR count). The molecule has 2 aromatic rings. The summed E-state index contributed by atoms with van der Waals surface area (Å²) in [7, 11) is 1.60. The molecule has 1 N–H and O–H groups in total. The highest BCUT2D eigenvalue weighted by atomic mass is 79.9. The number of hydrogen-bond donors (Lipinski definition) is 1. The third kappa shape index (κ3) is 4.32. The average molecular weight is 365 g/mol. The van der Waals surface area contributed by atoms with Gasteiger partial charge in [-0.05, 0) is 57.9 Å². The minimum absolute atomic E-state index is 0.0331. The van der Waals surface area contributed by atoms with Crippen LogP contribution >= 0.6 is 15.9 Å². The summed E-state index contributed by atoms with van der Waals surface area (Å²) in [5, 5.41) is 8.70. The zero-order valence-corrected chi connectivity index (χ0v) is 13.8.